The fourth-order valence-electron chi connectivity index (χ4n) is 5.04. The summed E-state index contributed by atoms with van der Waals surface area (Å²) in [6, 6.07) is 24.1. The average molecular weight is 555 g/mol. The number of carbonyl (C=O) groups excluding carboxylic acids is 2. The maximum absolute atomic E-state index is 13.7. The third kappa shape index (κ3) is 5.47. The first kappa shape index (κ1) is 27.1. The summed E-state index contributed by atoms with van der Waals surface area (Å²) in [7, 11) is 0. The Morgan fingerprint density at radius 1 is 0.900 bits per heavy atom. The molecule has 0 aromatic heterocycles. The molecule has 2 amide bonds. The van der Waals surface area contributed by atoms with Crippen LogP contribution in [0, 0.1) is 6.92 Å². The van der Waals surface area contributed by atoms with Crippen molar-refractivity contribution < 1.29 is 24.6 Å². The lowest BCUT2D eigenvalue weighted by atomic mass is 9.97. The highest BCUT2D eigenvalue weighted by atomic mass is 35.5. The lowest BCUT2D eigenvalue weighted by molar-refractivity contribution is 0.0691. The monoisotopic (exact) mass is 554 g/mol. The van der Waals surface area contributed by atoms with Crippen LogP contribution >= 0.6 is 11.6 Å². The van der Waals surface area contributed by atoms with Crippen LogP contribution in [0.2, 0.25) is 5.02 Å². The van der Waals surface area contributed by atoms with Crippen molar-refractivity contribution in [2.24, 2.45) is 0 Å². The Bertz CT molecular complexity index is 1630. The van der Waals surface area contributed by atoms with Crippen LogP contribution in [0.4, 0.5) is 11.4 Å². The largest absolute Gasteiger partial charge is 0.478 e. The molecule has 0 radical (unpaired) electrons. The fraction of sp³-hybridized carbons (Fsp3) is 0.156. The van der Waals surface area contributed by atoms with E-state index in [-0.39, 0.29) is 16.8 Å². The highest BCUT2D eigenvalue weighted by Gasteiger charge is 2.29. The van der Waals surface area contributed by atoms with Crippen molar-refractivity contribution in [2.75, 3.05) is 16.8 Å². The van der Waals surface area contributed by atoms with E-state index in [0.29, 0.717) is 41.2 Å². The van der Waals surface area contributed by atoms with Gasteiger partial charge < -0.3 is 20.4 Å². The topological polar surface area (TPSA) is 107 Å². The number of aryl methyl sites for hydroxylation is 1. The summed E-state index contributed by atoms with van der Waals surface area (Å²) >= 11 is 6.13. The van der Waals surface area contributed by atoms with Crippen LogP contribution in [0.3, 0.4) is 0 Å². The molecule has 0 bridgehead atoms. The van der Waals surface area contributed by atoms with Crippen LogP contribution in [0.1, 0.15) is 61.1 Å². The standard InChI is InChI=1S/C32H27ClN2O5/c1-19-6-4-7-20(16-19)23-8-2-3-9-24(23)30(37)34-22-12-13-25(26(18-22)32(39)40)31(38)35-15-5-10-29(36)27-17-21(33)11-14-28(27)35/h2-4,6-9,11-14,16-18,29,36H,5,10,15H2,1H3,(H,34,37)(H,39,40). The molecule has 8 heteroatoms. The number of halogens is 1. The Hall–Kier alpha value is -4.46. The second-order valence-electron chi connectivity index (χ2n) is 9.75. The molecule has 0 saturated carbocycles. The minimum atomic E-state index is -1.30. The summed E-state index contributed by atoms with van der Waals surface area (Å²) in [5.41, 5.74) is 4.12. The predicted octanol–water partition coefficient (Wildman–Crippen LogP) is 6.74. The third-order valence-corrected chi connectivity index (χ3v) is 7.22. The number of carboxylic acid groups (broad SMARTS) is 1. The van der Waals surface area contributed by atoms with Crippen molar-refractivity contribution in [3.05, 3.63) is 118 Å². The number of nitrogens with one attached hydrogen (secondary N) is 1. The second kappa shape index (κ2) is 11.3. The smallest absolute Gasteiger partial charge is 0.336 e. The maximum Gasteiger partial charge on any atom is 0.336 e. The molecule has 5 rings (SSSR count). The molecule has 7 nitrogen and oxygen atoms in total. The lowest BCUT2D eigenvalue weighted by Crippen LogP contribution is -2.33. The van der Waals surface area contributed by atoms with Crippen LogP contribution in [0.5, 0.6) is 0 Å². The van der Waals surface area contributed by atoms with Crippen LogP contribution < -0.4 is 10.2 Å². The molecule has 1 atom stereocenters. The van der Waals surface area contributed by atoms with Gasteiger partial charge in [-0.3, -0.25) is 9.59 Å². The number of aliphatic hydroxyl groups excluding tert-OH is 1. The van der Waals surface area contributed by atoms with Crippen molar-refractivity contribution in [1.29, 1.82) is 0 Å². The zero-order valence-corrected chi connectivity index (χ0v) is 22.5. The normalized spacial score (nSPS) is 14.7. The van der Waals surface area contributed by atoms with Crippen molar-refractivity contribution in [3.63, 3.8) is 0 Å². The molecule has 1 aliphatic heterocycles. The molecule has 3 N–H and O–H groups in total. The Labute approximate surface area is 236 Å². The molecule has 202 valence electrons. The van der Waals surface area contributed by atoms with Crippen LogP contribution in [0.25, 0.3) is 11.1 Å². The van der Waals surface area contributed by atoms with E-state index in [2.05, 4.69) is 5.32 Å². The molecular formula is C32H27ClN2O5. The molecule has 40 heavy (non-hydrogen) atoms. The first-order valence-electron chi connectivity index (χ1n) is 12.9. The number of hydrogen-bond donors (Lipinski definition) is 3. The third-order valence-electron chi connectivity index (χ3n) is 6.98. The number of hydrogen-bond acceptors (Lipinski definition) is 4. The van der Waals surface area contributed by atoms with Crippen LogP contribution in [-0.2, 0) is 0 Å². The molecule has 1 heterocycles. The molecule has 0 spiro atoms. The number of anilines is 2. The maximum atomic E-state index is 13.7. The van der Waals surface area contributed by atoms with E-state index in [0.717, 1.165) is 16.7 Å². The Morgan fingerprint density at radius 3 is 2.48 bits per heavy atom. The quantitative estimate of drug-likeness (QED) is 0.253. The van der Waals surface area contributed by atoms with E-state index < -0.39 is 23.9 Å². The lowest BCUT2D eigenvalue weighted by Gasteiger charge is -2.24. The minimum Gasteiger partial charge on any atom is -0.478 e. The number of rotatable bonds is 5. The molecule has 4 aromatic carbocycles. The van der Waals surface area contributed by atoms with Gasteiger partial charge in [0, 0.05) is 34.1 Å². The van der Waals surface area contributed by atoms with Gasteiger partial charge in [-0.15, -0.1) is 0 Å². The highest BCUT2D eigenvalue weighted by Crippen LogP contribution is 2.36. The van der Waals surface area contributed by atoms with E-state index in [4.69, 9.17) is 11.6 Å². The summed E-state index contributed by atoms with van der Waals surface area (Å²) in [6.45, 7) is 2.28. The van der Waals surface area contributed by atoms with Gasteiger partial charge in [-0.1, -0.05) is 59.6 Å². The number of nitrogens with zero attached hydrogens (tertiary/aromatic N) is 1. The highest BCUT2D eigenvalue weighted by molar-refractivity contribution is 6.30. The predicted molar refractivity (Wildman–Crippen MR) is 155 cm³/mol. The van der Waals surface area contributed by atoms with Crippen LogP contribution in [-0.4, -0.2) is 34.5 Å². The number of carbonyl (C=O) groups is 3. The van der Waals surface area contributed by atoms with Gasteiger partial charge in [0.25, 0.3) is 11.8 Å². The van der Waals surface area contributed by atoms with Crippen LogP contribution in [0.15, 0.2) is 84.9 Å². The summed E-state index contributed by atoms with van der Waals surface area (Å²) in [5, 5.41) is 23.8. The van der Waals surface area contributed by atoms with Gasteiger partial charge in [0.1, 0.15) is 0 Å². The first-order chi connectivity index (χ1) is 19.2. The number of benzene rings is 4. The van der Waals surface area contributed by atoms with Gasteiger partial charge in [0.2, 0.25) is 0 Å². The summed E-state index contributed by atoms with van der Waals surface area (Å²) in [5.74, 6) is -2.22. The number of aromatic carboxylic acids is 1. The van der Waals surface area contributed by atoms with E-state index in [1.165, 1.54) is 23.1 Å². The SMILES string of the molecule is Cc1cccc(-c2ccccc2C(=O)Nc2ccc(C(=O)N3CCCC(O)c4cc(Cl)ccc43)c(C(=O)O)c2)c1. The fourth-order valence-corrected chi connectivity index (χ4v) is 5.22. The van der Waals surface area contributed by atoms with Crippen molar-refractivity contribution in [2.45, 2.75) is 25.9 Å². The average Bonchev–Trinajstić information content (AvgIpc) is 3.10. The number of aliphatic hydroxyl groups is 1. The van der Waals surface area contributed by atoms with Gasteiger partial charge in [-0.25, -0.2) is 4.79 Å². The molecule has 0 fully saturated rings. The van der Waals surface area contributed by atoms with Gasteiger partial charge in [0.05, 0.1) is 17.2 Å². The summed E-state index contributed by atoms with van der Waals surface area (Å²) in [4.78, 5) is 40.7. The van der Waals surface area contributed by atoms with E-state index in [1.54, 1.807) is 30.3 Å². The van der Waals surface area contributed by atoms with Crippen molar-refractivity contribution in [3.8, 4) is 11.1 Å². The molecular weight excluding hydrogens is 528 g/mol. The second-order valence-corrected chi connectivity index (χ2v) is 10.2. The minimum absolute atomic E-state index is 0.0250. The zero-order chi connectivity index (χ0) is 28.4. The zero-order valence-electron chi connectivity index (χ0n) is 21.7. The first-order valence-corrected chi connectivity index (χ1v) is 13.2. The molecule has 0 aliphatic carbocycles. The number of amides is 2. The number of carboxylic acids is 1. The van der Waals surface area contributed by atoms with Crippen molar-refractivity contribution in [1.82, 2.24) is 0 Å². The van der Waals surface area contributed by atoms with E-state index in [1.807, 2.05) is 43.3 Å². The molecule has 0 saturated heterocycles. The van der Waals surface area contributed by atoms with E-state index in [9.17, 15) is 24.6 Å². The molecule has 1 aliphatic rings. The van der Waals surface area contributed by atoms with Gasteiger partial charge >= 0.3 is 5.97 Å². The molecule has 4 aromatic rings. The summed E-state index contributed by atoms with van der Waals surface area (Å²) < 4.78 is 0. The van der Waals surface area contributed by atoms with Gasteiger partial charge in [-0.05, 0) is 73.4 Å². The number of fused-ring (bicyclic) bond motifs is 1. The summed E-state index contributed by atoms with van der Waals surface area (Å²) in [6.07, 6.45) is 0.180. The van der Waals surface area contributed by atoms with E-state index >= 15 is 0 Å². The molecule has 1 unspecified atom stereocenters. The van der Waals surface area contributed by atoms with Gasteiger partial charge in [0.15, 0.2) is 0 Å². The van der Waals surface area contributed by atoms with Gasteiger partial charge in [-0.2, -0.15) is 0 Å². The Balaban J connectivity index is 1.46. The van der Waals surface area contributed by atoms with Crippen molar-refractivity contribution >= 4 is 40.8 Å². The Morgan fingerprint density at radius 2 is 1.70 bits per heavy atom. The Kier molecular flexibility index (Phi) is 7.69.